The highest BCUT2D eigenvalue weighted by Crippen LogP contribution is 2.28. The Hall–Kier alpha value is -3.07. The van der Waals surface area contributed by atoms with Gasteiger partial charge in [0, 0.05) is 36.9 Å². The van der Waals surface area contributed by atoms with Crippen LogP contribution in [0.1, 0.15) is 18.7 Å². The van der Waals surface area contributed by atoms with E-state index in [1.165, 1.54) is 25.1 Å². The second-order valence-electron chi connectivity index (χ2n) is 7.59. The van der Waals surface area contributed by atoms with Crippen molar-refractivity contribution in [3.8, 4) is 0 Å². The SMILES string of the molecule is CC(C(=O)N1CCN(c2ccc(Cl)cc2)CC1)n1c(=O)c(C(F)(F)F)nc2ccccc21. The van der Waals surface area contributed by atoms with E-state index in [0.717, 1.165) is 10.3 Å². The molecule has 1 fully saturated rings. The van der Waals surface area contributed by atoms with Crippen molar-refractivity contribution in [1.82, 2.24) is 14.5 Å². The first kappa shape index (κ1) is 22.1. The van der Waals surface area contributed by atoms with Gasteiger partial charge in [0.05, 0.1) is 11.0 Å². The number of aromatic nitrogens is 2. The summed E-state index contributed by atoms with van der Waals surface area (Å²) in [4.78, 5) is 33.1. The molecule has 1 aliphatic rings. The summed E-state index contributed by atoms with van der Waals surface area (Å²) < 4.78 is 41.2. The summed E-state index contributed by atoms with van der Waals surface area (Å²) in [5.74, 6) is -0.410. The minimum absolute atomic E-state index is 0.00614. The van der Waals surface area contributed by atoms with Gasteiger partial charge in [-0.1, -0.05) is 23.7 Å². The number of anilines is 1. The fourth-order valence-corrected chi connectivity index (χ4v) is 4.06. The van der Waals surface area contributed by atoms with E-state index in [1.807, 2.05) is 12.1 Å². The molecule has 1 unspecified atom stereocenters. The molecule has 0 aliphatic carbocycles. The van der Waals surface area contributed by atoms with Crippen molar-refractivity contribution < 1.29 is 18.0 Å². The summed E-state index contributed by atoms with van der Waals surface area (Å²) in [6.45, 7) is 3.33. The predicted molar refractivity (Wildman–Crippen MR) is 116 cm³/mol. The lowest BCUT2D eigenvalue weighted by Crippen LogP contribution is -2.51. The van der Waals surface area contributed by atoms with Crippen LogP contribution < -0.4 is 10.5 Å². The normalized spacial score (nSPS) is 15.8. The number of fused-ring (bicyclic) bond motifs is 1. The van der Waals surface area contributed by atoms with Crippen molar-refractivity contribution in [2.45, 2.75) is 19.1 Å². The monoisotopic (exact) mass is 464 g/mol. The molecule has 2 aromatic carbocycles. The lowest BCUT2D eigenvalue weighted by Gasteiger charge is -2.37. The fraction of sp³-hybridized carbons (Fsp3) is 0.318. The third-order valence-corrected chi connectivity index (χ3v) is 5.84. The lowest BCUT2D eigenvalue weighted by molar-refractivity contribution is -0.143. The molecular weight excluding hydrogens is 445 g/mol. The molecule has 1 saturated heterocycles. The molecular formula is C22H20ClF3N4O2. The van der Waals surface area contributed by atoms with Gasteiger partial charge in [-0.05, 0) is 43.3 Å². The van der Waals surface area contributed by atoms with Gasteiger partial charge >= 0.3 is 6.18 Å². The summed E-state index contributed by atoms with van der Waals surface area (Å²) in [5, 5.41) is 0.629. The number of nitrogens with zero attached hydrogens (tertiary/aromatic N) is 4. The minimum atomic E-state index is -4.92. The number of para-hydroxylation sites is 2. The minimum Gasteiger partial charge on any atom is -0.368 e. The van der Waals surface area contributed by atoms with E-state index in [2.05, 4.69) is 9.88 Å². The summed E-state index contributed by atoms with van der Waals surface area (Å²) >= 11 is 5.93. The predicted octanol–water partition coefficient (Wildman–Crippen LogP) is 3.98. The number of hydrogen-bond acceptors (Lipinski definition) is 4. The van der Waals surface area contributed by atoms with Crippen LogP contribution >= 0.6 is 11.6 Å². The number of amides is 1. The summed E-state index contributed by atoms with van der Waals surface area (Å²) in [7, 11) is 0. The first-order valence-corrected chi connectivity index (χ1v) is 10.4. The molecule has 6 nitrogen and oxygen atoms in total. The molecule has 0 saturated carbocycles. The van der Waals surface area contributed by atoms with E-state index >= 15 is 0 Å². The summed E-state index contributed by atoms with van der Waals surface area (Å²) in [6.07, 6.45) is -4.92. The average Bonchev–Trinajstić information content (AvgIpc) is 2.78. The van der Waals surface area contributed by atoms with Crippen LogP contribution in [0.5, 0.6) is 0 Å². The molecule has 168 valence electrons. The molecule has 0 bridgehead atoms. The summed E-state index contributed by atoms with van der Waals surface area (Å²) in [6, 6.07) is 12.3. The number of rotatable bonds is 3. The average molecular weight is 465 g/mol. The maximum absolute atomic E-state index is 13.4. The van der Waals surface area contributed by atoms with Crippen LogP contribution in [-0.4, -0.2) is 46.5 Å². The molecule has 10 heteroatoms. The number of hydrogen-bond donors (Lipinski definition) is 0. The molecule has 3 aromatic rings. The van der Waals surface area contributed by atoms with E-state index in [4.69, 9.17) is 11.6 Å². The maximum atomic E-state index is 13.4. The number of piperazine rings is 1. The van der Waals surface area contributed by atoms with Gasteiger partial charge in [0.1, 0.15) is 6.04 Å². The van der Waals surface area contributed by atoms with E-state index in [0.29, 0.717) is 31.2 Å². The van der Waals surface area contributed by atoms with Crippen molar-refractivity contribution >= 4 is 34.2 Å². The number of carbonyl (C=O) groups excluding carboxylic acids is 1. The zero-order chi connectivity index (χ0) is 23.0. The van der Waals surface area contributed by atoms with Crippen LogP contribution in [0, 0.1) is 0 Å². The summed E-state index contributed by atoms with van der Waals surface area (Å²) in [5.41, 5.74) is -1.68. The first-order chi connectivity index (χ1) is 15.2. The number of alkyl halides is 3. The van der Waals surface area contributed by atoms with Gasteiger partial charge in [-0.3, -0.25) is 14.2 Å². The van der Waals surface area contributed by atoms with Gasteiger partial charge in [-0.15, -0.1) is 0 Å². The Morgan fingerprint density at radius 3 is 2.28 bits per heavy atom. The van der Waals surface area contributed by atoms with Crippen LogP contribution in [-0.2, 0) is 11.0 Å². The number of halogens is 4. The molecule has 1 aliphatic heterocycles. The van der Waals surface area contributed by atoms with E-state index in [-0.39, 0.29) is 11.0 Å². The zero-order valence-electron chi connectivity index (χ0n) is 17.1. The largest absolute Gasteiger partial charge is 0.438 e. The standard InChI is InChI=1S/C22H20ClF3N4O2/c1-14(20(31)29-12-10-28(11-13-29)16-8-6-15(23)7-9-16)30-18-5-3-2-4-17(18)27-19(21(30)32)22(24,25)26/h2-9,14H,10-13H2,1H3. The van der Waals surface area contributed by atoms with Gasteiger partial charge in [-0.2, -0.15) is 13.2 Å². The quantitative estimate of drug-likeness (QED) is 0.588. The Balaban J connectivity index is 1.60. The molecule has 4 rings (SSSR count). The molecule has 0 spiro atoms. The number of benzene rings is 2. The van der Waals surface area contributed by atoms with Crippen molar-refractivity contribution in [2.75, 3.05) is 31.1 Å². The second-order valence-corrected chi connectivity index (χ2v) is 8.02. The van der Waals surface area contributed by atoms with Crippen LogP contribution in [0.3, 0.4) is 0 Å². The zero-order valence-corrected chi connectivity index (χ0v) is 17.9. The molecule has 1 amide bonds. The molecule has 2 heterocycles. The fourth-order valence-electron chi connectivity index (χ4n) is 3.93. The first-order valence-electron chi connectivity index (χ1n) is 10.0. The highest BCUT2D eigenvalue weighted by molar-refractivity contribution is 6.30. The smallest absolute Gasteiger partial charge is 0.368 e. The third kappa shape index (κ3) is 4.17. The lowest BCUT2D eigenvalue weighted by atomic mass is 10.2. The molecule has 1 atom stereocenters. The Labute approximate surface area is 186 Å². The molecule has 0 N–H and O–H groups in total. The van der Waals surface area contributed by atoms with Gasteiger partial charge < -0.3 is 9.80 Å². The topological polar surface area (TPSA) is 58.4 Å². The van der Waals surface area contributed by atoms with Crippen LogP contribution in [0.2, 0.25) is 5.02 Å². The van der Waals surface area contributed by atoms with Gasteiger partial charge in [0.2, 0.25) is 11.6 Å². The van der Waals surface area contributed by atoms with Crippen molar-refractivity contribution in [3.63, 3.8) is 0 Å². The van der Waals surface area contributed by atoms with Gasteiger partial charge in [-0.25, -0.2) is 4.98 Å². The second kappa shape index (κ2) is 8.46. The third-order valence-electron chi connectivity index (χ3n) is 5.59. The molecule has 1 aromatic heterocycles. The highest BCUT2D eigenvalue weighted by atomic mass is 35.5. The Morgan fingerprint density at radius 1 is 1.03 bits per heavy atom. The van der Waals surface area contributed by atoms with Crippen molar-refractivity contribution in [3.05, 3.63) is 69.6 Å². The van der Waals surface area contributed by atoms with E-state index in [1.54, 1.807) is 23.1 Å². The van der Waals surface area contributed by atoms with Crippen LogP contribution in [0.4, 0.5) is 18.9 Å². The Bertz CT molecular complexity index is 1200. The Morgan fingerprint density at radius 2 is 1.66 bits per heavy atom. The highest BCUT2D eigenvalue weighted by Gasteiger charge is 2.39. The number of carbonyl (C=O) groups is 1. The van der Waals surface area contributed by atoms with Crippen molar-refractivity contribution in [2.24, 2.45) is 0 Å². The van der Waals surface area contributed by atoms with Crippen molar-refractivity contribution in [1.29, 1.82) is 0 Å². The molecule has 0 radical (unpaired) electrons. The maximum Gasteiger partial charge on any atom is 0.438 e. The Kier molecular flexibility index (Phi) is 5.85. The van der Waals surface area contributed by atoms with Gasteiger partial charge in [0.15, 0.2) is 0 Å². The molecule has 32 heavy (non-hydrogen) atoms. The van der Waals surface area contributed by atoms with Crippen LogP contribution in [0.15, 0.2) is 53.3 Å². The van der Waals surface area contributed by atoms with E-state index < -0.39 is 29.4 Å². The van der Waals surface area contributed by atoms with E-state index in [9.17, 15) is 22.8 Å². The van der Waals surface area contributed by atoms with Gasteiger partial charge in [0.25, 0.3) is 5.56 Å². The van der Waals surface area contributed by atoms with Crippen LogP contribution in [0.25, 0.3) is 11.0 Å².